The van der Waals surface area contributed by atoms with Gasteiger partial charge in [-0.3, -0.25) is 29.0 Å². The summed E-state index contributed by atoms with van der Waals surface area (Å²) < 4.78 is 34.1. The van der Waals surface area contributed by atoms with Crippen molar-refractivity contribution in [2.75, 3.05) is 92.1 Å². The normalized spacial score (nSPS) is 11.8. The van der Waals surface area contributed by atoms with E-state index in [4.69, 9.17) is 28.4 Å². The summed E-state index contributed by atoms with van der Waals surface area (Å²) in [5.41, 5.74) is 0. The van der Waals surface area contributed by atoms with E-state index in [0.717, 1.165) is 75.0 Å². The standard InChI is InChI=1S/C58H112N2O10/c1-51(2)29-21-13-9-17-25-43-67-55(61)33-37-59(38-34-56(62)68-44-26-18-10-14-22-30-52(3)4)41-47-65-49-50-66-48-42-60(39-35-57(63)69-45-27-19-11-15-23-31-53(5)6)40-36-58(64)70-46-28-20-12-16-24-32-54(7)8/h51-54H,9-50H2,1-8H3. The van der Waals surface area contributed by atoms with Crippen LogP contribution >= 0.6 is 0 Å². The fourth-order valence-electron chi connectivity index (χ4n) is 8.15. The van der Waals surface area contributed by atoms with E-state index < -0.39 is 0 Å². The monoisotopic (exact) mass is 997 g/mol. The van der Waals surface area contributed by atoms with Crippen LogP contribution in [0.2, 0.25) is 0 Å². The van der Waals surface area contributed by atoms with Crippen molar-refractivity contribution in [3.05, 3.63) is 0 Å². The molecule has 0 aliphatic rings. The van der Waals surface area contributed by atoms with Crippen molar-refractivity contribution in [1.82, 2.24) is 9.80 Å². The van der Waals surface area contributed by atoms with E-state index in [1.165, 1.54) is 103 Å². The number of esters is 4. The summed E-state index contributed by atoms with van der Waals surface area (Å²) in [5.74, 6) is 2.12. The Hall–Kier alpha value is -2.28. The van der Waals surface area contributed by atoms with Crippen LogP contribution in [0.25, 0.3) is 0 Å². The van der Waals surface area contributed by atoms with E-state index in [-0.39, 0.29) is 49.6 Å². The van der Waals surface area contributed by atoms with Gasteiger partial charge in [0.1, 0.15) is 0 Å². The zero-order valence-electron chi connectivity index (χ0n) is 47.0. The van der Waals surface area contributed by atoms with Crippen molar-refractivity contribution < 1.29 is 47.6 Å². The van der Waals surface area contributed by atoms with Crippen molar-refractivity contribution in [3.8, 4) is 0 Å². The molecule has 0 fully saturated rings. The van der Waals surface area contributed by atoms with Crippen LogP contribution in [-0.2, 0) is 47.6 Å². The molecule has 0 aliphatic heterocycles. The van der Waals surface area contributed by atoms with Gasteiger partial charge >= 0.3 is 23.9 Å². The second-order valence-electron chi connectivity index (χ2n) is 21.6. The van der Waals surface area contributed by atoms with Crippen molar-refractivity contribution in [2.24, 2.45) is 23.7 Å². The lowest BCUT2D eigenvalue weighted by molar-refractivity contribution is -0.146. The average molecular weight is 998 g/mol. The molecule has 0 heterocycles. The Balaban J connectivity index is 4.86. The molecule has 0 aromatic carbocycles. The molecule has 0 atom stereocenters. The Kier molecular flexibility index (Phi) is 48.6. The van der Waals surface area contributed by atoms with Crippen LogP contribution < -0.4 is 0 Å². The number of carbonyl (C=O) groups excluding carboxylic acids is 4. The first kappa shape index (κ1) is 67.7. The number of ether oxygens (including phenoxy) is 6. The summed E-state index contributed by atoms with van der Waals surface area (Å²) in [6.07, 6.45) is 28.5. The largest absolute Gasteiger partial charge is 0.466 e. The molecule has 0 spiro atoms. The highest BCUT2D eigenvalue weighted by Crippen LogP contribution is 2.14. The molecule has 0 radical (unpaired) electrons. The van der Waals surface area contributed by atoms with E-state index in [9.17, 15) is 19.2 Å². The fraction of sp³-hybridized carbons (Fsp3) is 0.931. The number of nitrogens with zero attached hydrogens (tertiary/aromatic N) is 2. The van der Waals surface area contributed by atoms with Crippen LogP contribution in [0.15, 0.2) is 0 Å². The fourth-order valence-corrected chi connectivity index (χ4v) is 8.15. The van der Waals surface area contributed by atoms with Gasteiger partial charge < -0.3 is 28.4 Å². The summed E-state index contributed by atoms with van der Waals surface area (Å²) in [7, 11) is 0. The molecule has 0 bridgehead atoms. The number of carbonyl (C=O) groups is 4. The Morgan fingerprint density at radius 1 is 0.271 bits per heavy atom. The van der Waals surface area contributed by atoms with Gasteiger partial charge in [0.05, 0.1) is 78.5 Å². The minimum absolute atomic E-state index is 0.213. The Labute approximate surface area is 430 Å². The zero-order valence-corrected chi connectivity index (χ0v) is 47.0. The lowest BCUT2D eigenvalue weighted by Crippen LogP contribution is -2.33. The van der Waals surface area contributed by atoms with Crippen molar-refractivity contribution in [3.63, 3.8) is 0 Å². The molecule has 70 heavy (non-hydrogen) atoms. The highest BCUT2D eigenvalue weighted by Gasteiger charge is 2.15. The number of hydrogen-bond donors (Lipinski definition) is 0. The Morgan fingerprint density at radius 2 is 0.486 bits per heavy atom. The van der Waals surface area contributed by atoms with Gasteiger partial charge in [-0.15, -0.1) is 0 Å². The average Bonchev–Trinajstić information content (AvgIpc) is 3.31. The molecule has 0 aromatic heterocycles. The van der Waals surface area contributed by atoms with Gasteiger partial charge in [0.2, 0.25) is 0 Å². The first-order chi connectivity index (χ1) is 33.8. The van der Waals surface area contributed by atoms with Crippen LogP contribution in [0.4, 0.5) is 0 Å². The highest BCUT2D eigenvalue weighted by atomic mass is 16.5. The SMILES string of the molecule is CC(C)CCCCCCCOC(=O)CCN(CCOCCOCCN(CCC(=O)OCCCCCCCC(C)C)CCC(=O)OCCCCCCCC(C)C)CCC(=O)OCCCCCCCC(C)C. The van der Waals surface area contributed by atoms with E-state index in [1.54, 1.807) is 0 Å². The molecule has 0 N–H and O–H groups in total. The molecule has 414 valence electrons. The maximum absolute atomic E-state index is 12.6. The van der Waals surface area contributed by atoms with E-state index in [0.29, 0.717) is 92.1 Å². The molecule has 12 nitrogen and oxygen atoms in total. The van der Waals surface area contributed by atoms with E-state index in [2.05, 4.69) is 65.2 Å². The number of unbranched alkanes of at least 4 members (excludes halogenated alkanes) is 16. The molecule has 0 aromatic rings. The Morgan fingerprint density at radius 3 is 0.714 bits per heavy atom. The molecule has 0 amide bonds. The molecular formula is C58H112N2O10. The molecule has 0 saturated carbocycles. The molecule has 0 saturated heterocycles. The number of hydrogen-bond acceptors (Lipinski definition) is 12. The van der Waals surface area contributed by atoms with Crippen molar-refractivity contribution in [2.45, 2.75) is 235 Å². The second kappa shape index (κ2) is 50.3. The van der Waals surface area contributed by atoms with Gasteiger partial charge in [0.25, 0.3) is 0 Å². The van der Waals surface area contributed by atoms with Crippen LogP contribution in [0.3, 0.4) is 0 Å². The predicted octanol–water partition coefficient (Wildman–Crippen LogP) is 13.3. The third-order valence-electron chi connectivity index (χ3n) is 12.8. The topological polar surface area (TPSA) is 130 Å². The highest BCUT2D eigenvalue weighted by molar-refractivity contribution is 5.71. The van der Waals surface area contributed by atoms with Crippen molar-refractivity contribution in [1.29, 1.82) is 0 Å². The summed E-state index contributed by atoms with van der Waals surface area (Å²) in [5, 5.41) is 0. The summed E-state index contributed by atoms with van der Waals surface area (Å²) >= 11 is 0. The summed E-state index contributed by atoms with van der Waals surface area (Å²) in [4.78, 5) is 54.7. The quantitative estimate of drug-likeness (QED) is 0.0327. The molecule has 0 unspecified atom stereocenters. The van der Waals surface area contributed by atoms with E-state index in [1.807, 2.05) is 0 Å². The minimum atomic E-state index is -0.213. The third kappa shape index (κ3) is 52.1. The van der Waals surface area contributed by atoms with Gasteiger partial charge in [-0.05, 0) is 49.4 Å². The molecular weight excluding hydrogens is 885 g/mol. The summed E-state index contributed by atoms with van der Waals surface area (Å²) in [6.45, 7) is 24.5. The van der Waals surface area contributed by atoms with Gasteiger partial charge in [0, 0.05) is 39.3 Å². The third-order valence-corrected chi connectivity index (χ3v) is 12.8. The zero-order chi connectivity index (χ0) is 51.7. The second-order valence-corrected chi connectivity index (χ2v) is 21.6. The summed E-state index contributed by atoms with van der Waals surface area (Å²) in [6, 6.07) is 0. The minimum Gasteiger partial charge on any atom is -0.466 e. The first-order valence-corrected chi connectivity index (χ1v) is 29.0. The van der Waals surface area contributed by atoms with Crippen molar-refractivity contribution >= 4 is 23.9 Å². The van der Waals surface area contributed by atoms with E-state index >= 15 is 0 Å². The van der Waals surface area contributed by atoms with Gasteiger partial charge in [0.15, 0.2) is 0 Å². The van der Waals surface area contributed by atoms with Crippen LogP contribution in [0.5, 0.6) is 0 Å². The van der Waals surface area contributed by atoms with Crippen LogP contribution in [0, 0.1) is 23.7 Å². The number of rotatable bonds is 53. The lowest BCUT2D eigenvalue weighted by Gasteiger charge is -2.22. The van der Waals surface area contributed by atoms with Crippen LogP contribution in [-0.4, -0.2) is 126 Å². The van der Waals surface area contributed by atoms with Gasteiger partial charge in [-0.1, -0.05) is 184 Å². The smallest absolute Gasteiger partial charge is 0.307 e. The molecule has 0 rings (SSSR count). The van der Waals surface area contributed by atoms with Gasteiger partial charge in [-0.25, -0.2) is 0 Å². The lowest BCUT2D eigenvalue weighted by atomic mass is 10.0. The van der Waals surface area contributed by atoms with Gasteiger partial charge in [-0.2, -0.15) is 0 Å². The molecule has 0 aliphatic carbocycles. The van der Waals surface area contributed by atoms with Crippen LogP contribution in [0.1, 0.15) is 235 Å². The predicted molar refractivity (Wildman–Crippen MR) is 287 cm³/mol. The maximum Gasteiger partial charge on any atom is 0.307 e. The molecule has 12 heteroatoms. The maximum atomic E-state index is 12.6. The first-order valence-electron chi connectivity index (χ1n) is 29.0. The Bertz CT molecular complexity index is 1030.